The fraction of sp³-hybridized carbons (Fsp3) is 0.389. The zero-order valence-electron chi connectivity index (χ0n) is 14.6. The first kappa shape index (κ1) is 17.6. The van der Waals surface area contributed by atoms with Crippen molar-refractivity contribution in [3.63, 3.8) is 0 Å². The topological polar surface area (TPSA) is 104 Å². The number of urea groups is 1. The Morgan fingerprint density at radius 2 is 2.00 bits per heavy atom. The molecule has 0 radical (unpaired) electrons. The van der Waals surface area contributed by atoms with Crippen molar-refractivity contribution in [2.24, 2.45) is 0 Å². The molecule has 1 aliphatic carbocycles. The van der Waals surface area contributed by atoms with Crippen LogP contribution in [0, 0.1) is 0 Å². The monoisotopic (exact) mass is 385 g/mol. The van der Waals surface area contributed by atoms with Crippen molar-refractivity contribution < 1.29 is 14.4 Å². The first-order valence-electron chi connectivity index (χ1n) is 8.89. The van der Waals surface area contributed by atoms with Crippen molar-refractivity contribution in [2.45, 2.75) is 44.2 Å². The molecule has 2 fully saturated rings. The Bertz CT molecular complexity index is 865. The first-order valence-corrected chi connectivity index (χ1v) is 9.71. The van der Waals surface area contributed by atoms with E-state index < -0.39 is 12.1 Å². The van der Waals surface area contributed by atoms with Crippen LogP contribution >= 0.6 is 11.3 Å². The van der Waals surface area contributed by atoms with E-state index in [0.29, 0.717) is 11.0 Å². The highest BCUT2D eigenvalue weighted by atomic mass is 32.1. The van der Waals surface area contributed by atoms with Crippen molar-refractivity contribution in [3.05, 3.63) is 40.9 Å². The number of benzene rings is 1. The van der Waals surface area contributed by atoms with Gasteiger partial charge in [0.2, 0.25) is 11.0 Å². The van der Waals surface area contributed by atoms with E-state index in [4.69, 9.17) is 0 Å². The van der Waals surface area contributed by atoms with Crippen LogP contribution in [-0.2, 0) is 16.1 Å². The van der Waals surface area contributed by atoms with Gasteiger partial charge in [0.15, 0.2) is 0 Å². The molecular weight excluding hydrogens is 366 g/mol. The van der Waals surface area contributed by atoms with E-state index in [1.165, 1.54) is 16.2 Å². The van der Waals surface area contributed by atoms with Gasteiger partial charge in [-0.25, -0.2) is 4.79 Å². The van der Waals surface area contributed by atoms with Crippen LogP contribution in [0.4, 0.5) is 9.93 Å². The molecule has 2 N–H and O–H groups in total. The third kappa shape index (κ3) is 4.13. The van der Waals surface area contributed by atoms with Gasteiger partial charge >= 0.3 is 6.03 Å². The summed E-state index contributed by atoms with van der Waals surface area (Å²) >= 11 is 1.39. The van der Waals surface area contributed by atoms with E-state index in [0.717, 1.165) is 23.4 Å². The minimum Gasteiger partial charge on any atom is -0.326 e. The third-order valence-corrected chi connectivity index (χ3v) is 5.57. The highest BCUT2D eigenvalue weighted by Crippen LogP contribution is 2.42. The van der Waals surface area contributed by atoms with Crippen LogP contribution in [-0.4, -0.2) is 39.0 Å². The van der Waals surface area contributed by atoms with Gasteiger partial charge in [0.1, 0.15) is 11.0 Å². The molecule has 1 saturated carbocycles. The number of nitrogens with zero attached hydrogens (tertiary/aromatic N) is 3. The van der Waals surface area contributed by atoms with Crippen LogP contribution in [0.2, 0.25) is 0 Å². The lowest BCUT2D eigenvalue weighted by molar-refractivity contribution is -0.128. The van der Waals surface area contributed by atoms with Crippen LogP contribution in [0.1, 0.15) is 42.2 Å². The molecule has 140 valence electrons. The molecule has 9 heteroatoms. The lowest BCUT2D eigenvalue weighted by Gasteiger charge is -2.12. The third-order valence-electron chi connectivity index (χ3n) is 4.56. The molecule has 0 unspecified atom stereocenters. The van der Waals surface area contributed by atoms with E-state index in [-0.39, 0.29) is 31.2 Å². The predicted octanol–water partition coefficient (Wildman–Crippen LogP) is 2.25. The normalized spacial score (nSPS) is 19.3. The van der Waals surface area contributed by atoms with Gasteiger partial charge in [-0.3, -0.25) is 14.5 Å². The molecule has 2 aliphatic rings. The summed E-state index contributed by atoms with van der Waals surface area (Å²) < 4.78 is 0. The number of hydrogen-bond donors (Lipinski definition) is 2. The molecule has 0 bridgehead atoms. The number of carbonyl (C=O) groups is 3. The zero-order valence-corrected chi connectivity index (χ0v) is 15.4. The van der Waals surface area contributed by atoms with Gasteiger partial charge in [0.25, 0.3) is 5.91 Å². The number of hydrogen-bond acceptors (Lipinski definition) is 6. The SMILES string of the molecule is O=C(CC[C@H]1NC(=O)N(Cc2ccccc2)C1=O)Nc1nnc(C2CC2)s1. The van der Waals surface area contributed by atoms with Crippen molar-refractivity contribution in [3.8, 4) is 0 Å². The molecule has 1 aromatic heterocycles. The summed E-state index contributed by atoms with van der Waals surface area (Å²) in [5.41, 5.74) is 0.877. The molecule has 2 aromatic rings. The van der Waals surface area contributed by atoms with Gasteiger partial charge in [-0.2, -0.15) is 0 Å². The number of anilines is 1. The molecule has 1 aliphatic heterocycles. The largest absolute Gasteiger partial charge is 0.326 e. The van der Waals surface area contributed by atoms with Crippen molar-refractivity contribution in [2.75, 3.05) is 5.32 Å². The van der Waals surface area contributed by atoms with E-state index >= 15 is 0 Å². The van der Waals surface area contributed by atoms with Gasteiger partial charge in [-0.1, -0.05) is 41.7 Å². The highest BCUT2D eigenvalue weighted by molar-refractivity contribution is 7.15. The second-order valence-corrected chi connectivity index (χ2v) is 7.73. The van der Waals surface area contributed by atoms with Gasteiger partial charge < -0.3 is 10.6 Å². The standard InChI is InChI=1S/C18H19N5O3S/c24-14(20-17-22-21-15(27-17)12-6-7-12)9-8-13-16(25)23(18(26)19-13)10-11-4-2-1-3-5-11/h1-5,12-13H,6-10H2,(H,19,26)(H,20,22,24)/t13-/m1/s1. The van der Waals surface area contributed by atoms with Crippen LogP contribution in [0.3, 0.4) is 0 Å². The molecule has 27 heavy (non-hydrogen) atoms. The van der Waals surface area contributed by atoms with Gasteiger partial charge in [0.05, 0.1) is 6.54 Å². The van der Waals surface area contributed by atoms with E-state index in [2.05, 4.69) is 20.8 Å². The summed E-state index contributed by atoms with van der Waals surface area (Å²) in [6.45, 7) is 0.225. The molecule has 2 heterocycles. The summed E-state index contributed by atoms with van der Waals surface area (Å²) in [5.74, 6) is -0.0456. The summed E-state index contributed by atoms with van der Waals surface area (Å²) in [6.07, 6.45) is 2.63. The fourth-order valence-electron chi connectivity index (χ4n) is 2.93. The molecule has 1 atom stereocenters. The molecule has 1 saturated heterocycles. The molecule has 0 spiro atoms. The molecular formula is C18H19N5O3S. The molecule has 1 aromatic carbocycles. The lowest BCUT2D eigenvalue weighted by atomic mass is 10.1. The number of imide groups is 1. The number of nitrogens with one attached hydrogen (secondary N) is 2. The van der Waals surface area contributed by atoms with Gasteiger partial charge in [-0.15, -0.1) is 10.2 Å². The van der Waals surface area contributed by atoms with Crippen LogP contribution in [0.15, 0.2) is 30.3 Å². The molecule has 4 rings (SSSR count). The lowest BCUT2D eigenvalue weighted by Crippen LogP contribution is -2.31. The minimum absolute atomic E-state index is 0.119. The maximum Gasteiger partial charge on any atom is 0.325 e. The number of aromatic nitrogens is 2. The minimum atomic E-state index is -0.677. The van der Waals surface area contributed by atoms with Crippen LogP contribution in [0.5, 0.6) is 0 Å². The van der Waals surface area contributed by atoms with Crippen LogP contribution in [0.25, 0.3) is 0 Å². The zero-order chi connectivity index (χ0) is 18.8. The maximum absolute atomic E-state index is 12.5. The smallest absolute Gasteiger partial charge is 0.325 e. The Kier molecular flexibility index (Phi) is 4.85. The number of rotatable bonds is 7. The maximum atomic E-state index is 12.5. The summed E-state index contributed by atoms with van der Waals surface area (Å²) in [5, 5.41) is 14.9. The summed E-state index contributed by atoms with van der Waals surface area (Å²) in [7, 11) is 0. The van der Waals surface area contributed by atoms with E-state index in [9.17, 15) is 14.4 Å². The van der Waals surface area contributed by atoms with Crippen molar-refractivity contribution >= 4 is 34.3 Å². The summed E-state index contributed by atoms with van der Waals surface area (Å²) in [4.78, 5) is 37.9. The fourth-order valence-corrected chi connectivity index (χ4v) is 3.85. The summed E-state index contributed by atoms with van der Waals surface area (Å²) in [6, 6.07) is 8.21. The Morgan fingerprint density at radius 1 is 1.22 bits per heavy atom. The van der Waals surface area contributed by atoms with E-state index in [1.807, 2.05) is 30.3 Å². The first-order chi connectivity index (χ1) is 13.1. The second kappa shape index (κ2) is 7.43. The average molecular weight is 385 g/mol. The number of amides is 4. The Morgan fingerprint density at radius 3 is 2.74 bits per heavy atom. The molecule has 8 nitrogen and oxygen atoms in total. The van der Waals surface area contributed by atoms with Crippen molar-refractivity contribution in [1.29, 1.82) is 0 Å². The predicted molar refractivity (Wildman–Crippen MR) is 99.1 cm³/mol. The second-order valence-electron chi connectivity index (χ2n) is 6.72. The Labute approximate surface area is 160 Å². The van der Waals surface area contributed by atoms with E-state index in [1.54, 1.807) is 0 Å². The number of carbonyl (C=O) groups excluding carboxylic acids is 3. The average Bonchev–Trinajstić information content (AvgIpc) is 3.36. The van der Waals surface area contributed by atoms with Gasteiger partial charge in [-0.05, 0) is 24.8 Å². The quantitative estimate of drug-likeness (QED) is 0.712. The van der Waals surface area contributed by atoms with Crippen molar-refractivity contribution in [1.82, 2.24) is 20.4 Å². The highest BCUT2D eigenvalue weighted by Gasteiger charge is 2.37. The van der Waals surface area contributed by atoms with Gasteiger partial charge in [0, 0.05) is 12.3 Å². The molecule has 4 amide bonds. The Hall–Kier alpha value is -2.81. The van der Waals surface area contributed by atoms with Crippen LogP contribution < -0.4 is 10.6 Å². The Balaban J connectivity index is 1.28.